The summed E-state index contributed by atoms with van der Waals surface area (Å²) in [7, 11) is 1.31. The van der Waals surface area contributed by atoms with Gasteiger partial charge in [0.15, 0.2) is 0 Å². The Bertz CT molecular complexity index is 1400. The molecule has 0 aliphatic heterocycles. The Kier molecular flexibility index (Phi) is 5.28. The molecule has 0 aliphatic carbocycles. The maximum absolute atomic E-state index is 12.3. The van der Waals surface area contributed by atoms with Gasteiger partial charge in [-0.05, 0) is 19.1 Å². The van der Waals surface area contributed by atoms with E-state index in [4.69, 9.17) is 9.72 Å². The Balaban J connectivity index is 1.76. The smallest absolute Gasteiger partial charge is 0.378 e. The maximum atomic E-state index is 12.3. The minimum atomic E-state index is -0.605. The molecule has 3 aromatic carbocycles. The van der Waals surface area contributed by atoms with E-state index in [1.165, 1.54) is 7.11 Å². The zero-order valence-corrected chi connectivity index (χ0v) is 18.2. The number of aryl methyl sites for hydroxylation is 1. The normalized spacial score (nSPS) is 10.8. The average Bonchev–Trinajstić information content (AvgIpc) is 3.50. The molecule has 33 heavy (non-hydrogen) atoms. The molecule has 0 radical (unpaired) electrons. The van der Waals surface area contributed by atoms with Gasteiger partial charge in [0.25, 0.3) is 5.82 Å². The van der Waals surface area contributed by atoms with Gasteiger partial charge in [-0.15, -0.1) is 5.10 Å². The van der Waals surface area contributed by atoms with Crippen molar-refractivity contribution in [3.8, 4) is 34.3 Å². The Labute approximate surface area is 190 Å². The van der Waals surface area contributed by atoms with Crippen LogP contribution < -0.4 is 0 Å². The molecule has 0 aliphatic rings. The van der Waals surface area contributed by atoms with Crippen molar-refractivity contribution in [1.82, 2.24) is 24.3 Å². The molecule has 0 spiro atoms. The van der Waals surface area contributed by atoms with Gasteiger partial charge in [0.2, 0.25) is 5.95 Å². The molecule has 0 atom stereocenters. The van der Waals surface area contributed by atoms with E-state index >= 15 is 0 Å². The van der Waals surface area contributed by atoms with E-state index in [1.54, 1.807) is 4.68 Å². The number of carbonyl (C=O) groups is 1. The second-order valence-electron chi connectivity index (χ2n) is 7.53. The van der Waals surface area contributed by atoms with Crippen LogP contribution in [0.5, 0.6) is 0 Å². The van der Waals surface area contributed by atoms with Crippen LogP contribution in [0.15, 0.2) is 91.1 Å². The molecule has 2 heterocycles. The van der Waals surface area contributed by atoms with Gasteiger partial charge in [-0.3, -0.25) is 4.57 Å². The van der Waals surface area contributed by atoms with Crippen molar-refractivity contribution >= 4 is 5.97 Å². The predicted molar refractivity (Wildman–Crippen MR) is 125 cm³/mol. The lowest BCUT2D eigenvalue weighted by Gasteiger charge is -2.09. The van der Waals surface area contributed by atoms with E-state index in [0.717, 1.165) is 28.1 Å². The minimum Gasteiger partial charge on any atom is -0.463 e. The second kappa shape index (κ2) is 8.55. The molecular formula is C26H21N5O2. The first-order chi connectivity index (χ1) is 16.1. The fourth-order valence-corrected chi connectivity index (χ4v) is 3.57. The van der Waals surface area contributed by atoms with Crippen LogP contribution >= 0.6 is 0 Å². The van der Waals surface area contributed by atoms with E-state index in [-0.39, 0.29) is 5.82 Å². The zero-order valence-electron chi connectivity index (χ0n) is 18.2. The van der Waals surface area contributed by atoms with E-state index in [2.05, 4.69) is 10.1 Å². The summed E-state index contributed by atoms with van der Waals surface area (Å²) in [5.74, 6) is 0.494. The number of benzene rings is 3. The third-order valence-electron chi connectivity index (χ3n) is 5.26. The van der Waals surface area contributed by atoms with Gasteiger partial charge >= 0.3 is 5.97 Å². The molecule has 5 aromatic rings. The van der Waals surface area contributed by atoms with Crippen molar-refractivity contribution in [3.63, 3.8) is 0 Å². The van der Waals surface area contributed by atoms with E-state index in [0.29, 0.717) is 11.8 Å². The quantitative estimate of drug-likeness (QED) is 0.368. The van der Waals surface area contributed by atoms with Crippen LogP contribution in [-0.2, 0) is 4.74 Å². The van der Waals surface area contributed by atoms with Crippen LogP contribution in [0.2, 0.25) is 0 Å². The summed E-state index contributed by atoms with van der Waals surface area (Å²) >= 11 is 0. The zero-order chi connectivity index (χ0) is 22.8. The van der Waals surface area contributed by atoms with Gasteiger partial charge < -0.3 is 4.74 Å². The summed E-state index contributed by atoms with van der Waals surface area (Å²) in [6.07, 6.45) is 1.91. The van der Waals surface area contributed by atoms with Crippen molar-refractivity contribution in [3.05, 3.63) is 103 Å². The lowest BCUT2D eigenvalue weighted by Crippen LogP contribution is -2.07. The monoisotopic (exact) mass is 435 g/mol. The number of aromatic nitrogens is 5. The second-order valence-corrected chi connectivity index (χ2v) is 7.53. The molecule has 0 amide bonds. The highest BCUT2D eigenvalue weighted by atomic mass is 16.5. The standard InChI is InChI=1S/C26H21N5O2/c1-18-13-15-21(16-14-18)31-26(28-23(29-31)25(32)33-2)30-17-22(19-9-5-3-6-10-19)27-24(30)20-11-7-4-8-12-20/h3-17H,1-2H3. The summed E-state index contributed by atoms with van der Waals surface area (Å²) in [5.41, 5.74) is 4.56. The summed E-state index contributed by atoms with van der Waals surface area (Å²) in [4.78, 5) is 21.8. The number of methoxy groups -OCH3 is 1. The Morgan fingerprint density at radius 3 is 2.09 bits per heavy atom. The number of carbonyl (C=O) groups excluding carboxylic acids is 1. The predicted octanol–water partition coefficient (Wildman–Crippen LogP) is 4.88. The van der Waals surface area contributed by atoms with Crippen molar-refractivity contribution in [2.45, 2.75) is 6.92 Å². The van der Waals surface area contributed by atoms with E-state index in [1.807, 2.05) is 103 Å². The summed E-state index contributed by atoms with van der Waals surface area (Å²) < 4.78 is 8.37. The first-order valence-corrected chi connectivity index (χ1v) is 10.5. The maximum Gasteiger partial charge on any atom is 0.378 e. The number of esters is 1. The minimum absolute atomic E-state index is 0.0259. The fraction of sp³-hybridized carbons (Fsp3) is 0.0769. The molecule has 7 nitrogen and oxygen atoms in total. The topological polar surface area (TPSA) is 74.8 Å². The van der Waals surface area contributed by atoms with Gasteiger partial charge in [-0.1, -0.05) is 78.4 Å². The number of rotatable bonds is 5. The first-order valence-electron chi connectivity index (χ1n) is 10.5. The molecule has 5 rings (SSSR count). The molecule has 0 N–H and O–H groups in total. The number of ether oxygens (including phenoxy) is 1. The molecule has 7 heteroatoms. The van der Waals surface area contributed by atoms with Crippen molar-refractivity contribution in [2.75, 3.05) is 7.11 Å². The van der Waals surface area contributed by atoms with Crippen LogP contribution in [0.4, 0.5) is 0 Å². The van der Waals surface area contributed by atoms with Gasteiger partial charge in [0, 0.05) is 17.3 Å². The van der Waals surface area contributed by atoms with Crippen molar-refractivity contribution < 1.29 is 9.53 Å². The largest absolute Gasteiger partial charge is 0.463 e. The Morgan fingerprint density at radius 2 is 1.45 bits per heavy atom. The Hall–Kier alpha value is -4.52. The van der Waals surface area contributed by atoms with Gasteiger partial charge in [-0.25, -0.2) is 9.78 Å². The van der Waals surface area contributed by atoms with Crippen LogP contribution in [0.1, 0.15) is 16.2 Å². The summed E-state index contributed by atoms with van der Waals surface area (Å²) in [6, 6.07) is 27.6. The highest BCUT2D eigenvalue weighted by Gasteiger charge is 2.23. The van der Waals surface area contributed by atoms with E-state index < -0.39 is 5.97 Å². The van der Waals surface area contributed by atoms with E-state index in [9.17, 15) is 4.79 Å². The molecule has 2 aromatic heterocycles. The van der Waals surface area contributed by atoms with Gasteiger partial charge in [0.05, 0.1) is 18.5 Å². The number of imidazole rings is 1. The third-order valence-corrected chi connectivity index (χ3v) is 5.26. The average molecular weight is 435 g/mol. The number of nitrogens with zero attached hydrogens (tertiary/aromatic N) is 5. The highest BCUT2D eigenvalue weighted by Crippen LogP contribution is 2.28. The SMILES string of the molecule is COC(=O)c1nc(-n2cc(-c3ccccc3)nc2-c2ccccc2)n(-c2ccc(C)cc2)n1. The molecule has 0 unspecified atom stereocenters. The van der Waals surface area contributed by atoms with Crippen molar-refractivity contribution in [2.24, 2.45) is 0 Å². The van der Waals surface area contributed by atoms with Gasteiger partial charge in [0.1, 0.15) is 5.82 Å². The molecule has 0 saturated heterocycles. The van der Waals surface area contributed by atoms with Gasteiger partial charge in [-0.2, -0.15) is 9.67 Å². The summed E-state index contributed by atoms with van der Waals surface area (Å²) in [5, 5.41) is 4.46. The third kappa shape index (κ3) is 3.92. The molecule has 162 valence electrons. The molecule has 0 fully saturated rings. The lowest BCUT2D eigenvalue weighted by atomic mass is 10.2. The van der Waals surface area contributed by atoms with Crippen LogP contribution in [0, 0.1) is 6.92 Å². The molecule has 0 bridgehead atoms. The Morgan fingerprint density at radius 1 is 0.818 bits per heavy atom. The van der Waals surface area contributed by atoms with Crippen molar-refractivity contribution in [1.29, 1.82) is 0 Å². The fourth-order valence-electron chi connectivity index (χ4n) is 3.57. The van der Waals surface area contributed by atoms with Crippen LogP contribution in [0.25, 0.3) is 34.3 Å². The van der Waals surface area contributed by atoms with Crippen LogP contribution in [-0.4, -0.2) is 37.4 Å². The highest BCUT2D eigenvalue weighted by molar-refractivity contribution is 5.85. The molecule has 0 saturated carbocycles. The molecular weight excluding hydrogens is 414 g/mol. The number of hydrogen-bond acceptors (Lipinski definition) is 5. The first kappa shape index (κ1) is 20.4. The van der Waals surface area contributed by atoms with Crippen LogP contribution in [0.3, 0.4) is 0 Å². The summed E-state index contributed by atoms with van der Waals surface area (Å²) in [6.45, 7) is 2.02. The lowest BCUT2D eigenvalue weighted by molar-refractivity contribution is 0.0587. The number of hydrogen-bond donors (Lipinski definition) is 0.